The van der Waals surface area contributed by atoms with E-state index in [1.807, 2.05) is 70.2 Å². The second-order valence-corrected chi connectivity index (χ2v) is 7.03. The number of hydrogen-bond donors (Lipinski definition) is 1. The summed E-state index contributed by atoms with van der Waals surface area (Å²) >= 11 is 0. The summed E-state index contributed by atoms with van der Waals surface area (Å²) in [4.78, 5) is 24.1. The fraction of sp³-hybridized carbons (Fsp3) is 0.238. The molecule has 0 radical (unpaired) electrons. The molecular weight excluding hydrogens is 352 g/mol. The Labute approximate surface area is 162 Å². The van der Waals surface area contributed by atoms with Crippen LogP contribution in [0, 0.1) is 0 Å². The highest BCUT2D eigenvalue weighted by Crippen LogP contribution is 2.31. The topological polar surface area (TPSA) is 79.2 Å². The smallest absolute Gasteiger partial charge is 0.229 e. The molecule has 3 aromatic heterocycles. The lowest BCUT2D eigenvalue weighted by Crippen LogP contribution is -2.32. The molecule has 7 nitrogen and oxygen atoms in total. The van der Waals surface area contributed by atoms with Crippen LogP contribution < -0.4 is 0 Å². The van der Waals surface area contributed by atoms with E-state index in [4.69, 9.17) is 0 Å². The molecule has 1 fully saturated rings. The maximum atomic E-state index is 13.0. The molecule has 0 spiro atoms. The monoisotopic (exact) mass is 372 g/mol. The third-order valence-electron chi connectivity index (χ3n) is 5.17. The Balaban J connectivity index is 1.35. The van der Waals surface area contributed by atoms with Crippen molar-refractivity contribution < 1.29 is 4.79 Å². The Kier molecular flexibility index (Phi) is 4.12. The van der Waals surface area contributed by atoms with E-state index in [0.717, 1.165) is 42.1 Å². The van der Waals surface area contributed by atoms with Crippen molar-refractivity contribution in [1.82, 2.24) is 29.5 Å². The molecule has 5 rings (SSSR count). The van der Waals surface area contributed by atoms with Gasteiger partial charge in [0.15, 0.2) is 5.82 Å². The summed E-state index contributed by atoms with van der Waals surface area (Å²) in [5, 5.41) is 7.39. The highest BCUT2D eigenvalue weighted by Gasteiger charge is 2.32. The molecule has 0 aliphatic carbocycles. The van der Waals surface area contributed by atoms with Crippen LogP contribution in [0.2, 0.25) is 0 Å². The van der Waals surface area contributed by atoms with Gasteiger partial charge in [-0.05, 0) is 25.0 Å². The van der Waals surface area contributed by atoms with E-state index in [1.165, 1.54) is 0 Å². The first kappa shape index (κ1) is 16.7. The lowest BCUT2D eigenvalue weighted by Gasteiger charge is -2.22. The van der Waals surface area contributed by atoms with E-state index < -0.39 is 0 Å². The fourth-order valence-electron chi connectivity index (χ4n) is 3.82. The van der Waals surface area contributed by atoms with Crippen molar-refractivity contribution in [3.05, 3.63) is 72.4 Å². The fourth-order valence-corrected chi connectivity index (χ4v) is 3.82. The Morgan fingerprint density at radius 3 is 2.82 bits per heavy atom. The number of amides is 1. The van der Waals surface area contributed by atoms with Gasteiger partial charge in [-0.15, -0.1) is 0 Å². The second kappa shape index (κ2) is 6.92. The van der Waals surface area contributed by atoms with Crippen molar-refractivity contribution in [3.63, 3.8) is 0 Å². The van der Waals surface area contributed by atoms with Crippen LogP contribution in [-0.4, -0.2) is 41.9 Å². The molecule has 0 unspecified atom stereocenters. The highest BCUT2D eigenvalue weighted by atomic mass is 16.2. The molecule has 0 bridgehead atoms. The van der Waals surface area contributed by atoms with Crippen LogP contribution in [-0.2, 0) is 11.2 Å². The van der Waals surface area contributed by atoms with Gasteiger partial charge < -0.3 is 9.30 Å². The number of carbonyl (C=O) groups is 1. The van der Waals surface area contributed by atoms with Crippen molar-refractivity contribution in [2.75, 3.05) is 6.54 Å². The first-order valence-electron chi connectivity index (χ1n) is 9.48. The molecule has 140 valence electrons. The van der Waals surface area contributed by atoms with E-state index >= 15 is 0 Å². The molecular formula is C21H20N6O. The lowest BCUT2D eigenvalue weighted by atomic mass is 10.2. The minimum absolute atomic E-state index is 0.0607. The Morgan fingerprint density at radius 2 is 1.96 bits per heavy atom. The largest absolute Gasteiger partial charge is 0.332 e. The van der Waals surface area contributed by atoms with Crippen LogP contribution in [0.1, 0.15) is 30.4 Å². The number of benzene rings is 1. The number of H-pyrrole nitrogens is 1. The molecule has 4 aromatic rings. The van der Waals surface area contributed by atoms with Crippen LogP contribution in [0.25, 0.3) is 17.0 Å². The summed E-state index contributed by atoms with van der Waals surface area (Å²) in [6.45, 7) is 0.734. The molecule has 28 heavy (non-hydrogen) atoms. The molecule has 1 N–H and O–H groups in total. The lowest BCUT2D eigenvalue weighted by molar-refractivity contribution is -0.131. The molecule has 1 aliphatic rings. The molecule has 7 heteroatoms. The first-order chi connectivity index (χ1) is 13.8. The van der Waals surface area contributed by atoms with Crippen molar-refractivity contribution >= 4 is 11.6 Å². The van der Waals surface area contributed by atoms with Gasteiger partial charge >= 0.3 is 0 Å². The van der Waals surface area contributed by atoms with Crippen molar-refractivity contribution in [1.29, 1.82) is 0 Å². The molecule has 1 amide bonds. The zero-order valence-corrected chi connectivity index (χ0v) is 15.3. The quantitative estimate of drug-likeness (QED) is 0.597. The van der Waals surface area contributed by atoms with Gasteiger partial charge in [-0.25, -0.2) is 9.97 Å². The van der Waals surface area contributed by atoms with Crippen LogP contribution in [0.15, 0.2) is 60.9 Å². The molecule has 0 saturated carbocycles. The van der Waals surface area contributed by atoms with Crippen LogP contribution in [0.5, 0.6) is 0 Å². The standard InChI is InChI=1S/C21H20N6O/c28-19(13-16-14-26-11-5-4-10-18(26)22-16)27-12-6-9-17(27)21-23-20(24-25-21)15-7-2-1-3-8-15/h1-5,7-8,10-11,14,17H,6,9,12-13H2,(H,23,24,25)/t17-/m0/s1. The molecule has 4 heterocycles. The minimum Gasteiger partial charge on any atom is -0.332 e. The van der Waals surface area contributed by atoms with E-state index in [2.05, 4.69) is 20.2 Å². The summed E-state index contributed by atoms with van der Waals surface area (Å²) in [5.41, 5.74) is 2.60. The van der Waals surface area contributed by atoms with Gasteiger partial charge in [0.05, 0.1) is 18.2 Å². The maximum absolute atomic E-state index is 13.0. The normalized spacial score (nSPS) is 16.7. The van der Waals surface area contributed by atoms with E-state index in [1.54, 1.807) is 0 Å². The third kappa shape index (κ3) is 3.05. The molecule has 1 atom stereocenters. The van der Waals surface area contributed by atoms with Gasteiger partial charge in [0, 0.05) is 24.5 Å². The molecule has 1 saturated heterocycles. The van der Waals surface area contributed by atoms with Gasteiger partial charge in [-0.2, -0.15) is 5.10 Å². The average Bonchev–Trinajstić information content (AvgIpc) is 3.46. The number of nitrogens with zero attached hydrogens (tertiary/aromatic N) is 5. The molecule has 1 aliphatic heterocycles. The summed E-state index contributed by atoms with van der Waals surface area (Å²) in [5.74, 6) is 1.48. The van der Waals surface area contributed by atoms with Crippen LogP contribution in [0.3, 0.4) is 0 Å². The van der Waals surface area contributed by atoms with Gasteiger partial charge in [-0.1, -0.05) is 36.4 Å². The van der Waals surface area contributed by atoms with Crippen molar-refractivity contribution in [3.8, 4) is 11.4 Å². The number of pyridine rings is 1. The minimum atomic E-state index is -0.0607. The van der Waals surface area contributed by atoms with E-state index in [9.17, 15) is 4.79 Å². The zero-order chi connectivity index (χ0) is 18.9. The van der Waals surface area contributed by atoms with Gasteiger partial charge in [0.25, 0.3) is 0 Å². The van der Waals surface area contributed by atoms with E-state index in [-0.39, 0.29) is 18.4 Å². The van der Waals surface area contributed by atoms with Gasteiger partial charge in [0.1, 0.15) is 11.5 Å². The maximum Gasteiger partial charge on any atom is 0.229 e. The summed E-state index contributed by atoms with van der Waals surface area (Å²) < 4.78 is 1.94. The Bertz CT molecular complexity index is 1080. The van der Waals surface area contributed by atoms with E-state index in [0.29, 0.717) is 5.82 Å². The number of imidazole rings is 1. The highest BCUT2D eigenvalue weighted by molar-refractivity contribution is 5.79. The number of likely N-dealkylation sites (tertiary alicyclic amines) is 1. The number of hydrogen-bond acceptors (Lipinski definition) is 4. The Morgan fingerprint density at radius 1 is 1.11 bits per heavy atom. The number of nitrogens with one attached hydrogen (secondary N) is 1. The summed E-state index contributed by atoms with van der Waals surface area (Å²) in [6.07, 6.45) is 6.00. The van der Waals surface area contributed by atoms with Crippen molar-refractivity contribution in [2.45, 2.75) is 25.3 Å². The Hall–Kier alpha value is -3.48. The van der Waals surface area contributed by atoms with Crippen LogP contribution in [0.4, 0.5) is 0 Å². The number of fused-ring (bicyclic) bond motifs is 1. The first-order valence-corrected chi connectivity index (χ1v) is 9.48. The van der Waals surface area contributed by atoms with Gasteiger partial charge in [0.2, 0.25) is 5.91 Å². The predicted octanol–water partition coefficient (Wildman–Crippen LogP) is 3.03. The zero-order valence-electron chi connectivity index (χ0n) is 15.3. The molecule has 1 aromatic carbocycles. The number of aromatic nitrogens is 5. The average molecular weight is 372 g/mol. The van der Waals surface area contributed by atoms with Gasteiger partial charge in [-0.3, -0.25) is 9.89 Å². The number of carbonyl (C=O) groups excluding carboxylic acids is 1. The number of rotatable bonds is 4. The second-order valence-electron chi connectivity index (χ2n) is 7.03. The van der Waals surface area contributed by atoms with Crippen molar-refractivity contribution in [2.24, 2.45) is 0 Å². The summed E-state index contributed by atoms with van der Waals surface area (Å²) in [6, 6.07) is 15.6. The third-order valence-corrected chi connectivity index (χ3v) is 5.17. The van der Waals surface area contributed by atoms with Crippen LogP contribution >= 0.6 is 0 Å². The summed E-state index contributed by atoms with van der Waals surface area (Å²) in [7, 11) is 0. The number of aromatic amines is 1. The SMILES string of the molecule is O=C(Cc1cn2ccccc2n1)N1CCC[C@H]1c1nc(-c2ccccc2)n[nH]1. The predicted molar refractivity (Wildman–Crippen MR) is 104 cm³/mol.